The van der Waals surface area contributed by atoms with Crippen LogP contribution in [0.1, 0.15) is 24.4 Å². The molecule has 0 bridgehead atoms. The summed E-state index contributed by atoms with van der Waals surface area (Å²) in [5.74, 6) is 0.773. The minimum Gasteiger partial charge on any atom is -0.364 e. The fourth-order valence-electron chi connectivity index (χ4n) is 2.39. The molecule has 3 aromatic rings. The third-order valence-corrected chi connectivity index (χ3v) is 3.92. The Balaban J connectivity index is 1.60. The number of rotatable bonds is 4. The third-order valence-electron chi connectivity index (χ3n) is 3.67. The molecule has 0 aliphatic heterocycles. The largest absolute Gasteiger partial charge is 0.364 e. The molecule has 1 aliphatic carbocycles. The van der Waals surface area contributed by atoms with E-state index in [2.05, 4.69) is 24.8 Å². The summed E-state index contributed by atoms with van der Waals surface area (Å²) in [6.07, 6.45) is 5.88. The molecule has 106 valence electrons. The first-order valence-electron chi connectivity index (χ1n) is 6.97. The number of hydrogen-bond donors (Lipinski definition) is 1. The number of halogens is 1. The van der Waals surface area contributed by atoms with E-state index in [0.29, 0.717) is 12.6 Å². The molecular formula is C15H14ClN5. The van der Waals surface area contributed by atoms with Gasteiger partial charge in [-0.25, -0.2) is 15.0 Å². The van der Waals surface area contributed by atoms with E-state index in [1.165, 1.54) is 12.8 Å². The second kappa shape index (κ2) is 5.00. The maximum absolute atomic E-state index is 5.89. The third kappa shape index (κ3) is 2.45. The maximum atomic E-state index is 5.89. The summed E-state index contributed by atoms with van der Waals surface area (Å²) < 4.78 is 2.14. The average Bonchev–Trinajstić information content (AvgIpc) is 3.26. The fourth-order valence-corrected chi connectivity index (χ4v) is 2.52. The summed E-state index contributed by atoms with van der Waals surface area (Å²) in [7, 11) is 0. The maximum Gasteiger partial charge on any atom is 0.165 e. The van der Waals surface area contributed by atoms with Crippen molar-refractivity contribution in [3.05, 3.63) is 47.5 Å². The van der Waals surface area contributed by atoms with E-state index in [4.69, 9.17) is 11.6 Å². The van der Waals surface area contributed by atoms with Crippen molar-refractivity contribution in [1.29, 1.82) is 0 Å². The summed E-state index contributed by atoms with van der Waals surface area (Å²) in [6.45, 7) is 0.680. The van der Waals surface area contributed by atoms with Crippen LogP contribution in [-0.4, -0.2) is 19.5 Å². The number of fused-ring (bicyclic) bond motifs is 1. The quantitative estimate of drug-likeness (QED) is 0.802. The Labute approximate surface area is 127 Å². The van der Waals surface area contributed by atoms with Crippen LogP contribution in [0.4, 0.5) is 5.82 Å². The molecule has 0 saturated heterocycles. The lowest BCUT2D eigenvalue weighted by molar-refractivity contribution is 0.756. The molecule has 1 fully saturated rings. The van der Waals surface area contributed by atoms with Gasteiger partial charge in [0.25, 0.3) is 0 Å². The van der Waals surface area contributed by atoms with E-state index in [1.54, 1.807) is 6.33 Å². The lowest BCUT2D eigenvalue weighted by Gasteiger charge is -2.06. The van der Waals surface area contributed by atoms with Crippen LogP contribution < -0.4 is 5.32 Å². The van der Waals surface area contributed by atoms with Crippen molar-refractivity contribution in [3.63, 3.8) is 0 Å². The molecule has 2 heterocycles. The number of hydrogen-bond acceptors (Lipinski definition) is 4. The number of anilines is 1. The molecule has 0 radical (unpaired) electrons. The molecule has 1 aliphatic rings. The van der Waals surface area contributed by atoms with Gasteiger partial charge in [0.15, 0.2) is 11.5 Å². The van der Waals surface area contributed by atoms with Crippen LogP contribution in [-0.2, 0) is 6.54 Å². The number of benzene rings is 1. The van der Waals surface area contributed by atoms with E-state index in [0.717, 1.165) is 27.6 Å². The molecule has 1 aromatic carbocycles. The smallest absolute Gasteiger partial charge is 0.165 e. The monoisotopic (exact) mass is 299 g/mol. The lowest BCUT2D eigenvalue weighted by Crippen LogP contribution is -2.03. The standard InChI is InChI=1S/C15H14ClN5/c16-11-3-1-10(2-4-11)7-17-14-13-15(19-8-18-14)21(9-20-13)12-5-6-12/h1-4,8-9,12H,5-7H2,(H,17,18,19). The first-order valence-corrected chi connectivity index (χ1v) is 7.35. The van der Waals surface area contributed by atoms with Gasteiger partial charge in [-0.2, -0.15) is 0 Å². The van der Waals surface area contributed by atoms with Gasteiger partial charge in [0, 0.05) is 17.6 Å². The molecule has 4 rings (SSSR count). The van der Waals surface area contributed by atoms with Crippen molar-refractivity contribution in [3.8, 4) is 0 Å². The van der Waals surface area contributed by atoms with Crippen LogP contribution in [0.5, 0.6) is 0 Å². The van der Waals surface area contributed by atoms with Gasteiger partial charge >= 0.3 is 0 Å². The number of imidazole rings is 1. The first-order chi connectivity index (χ1) is 10.3. The zero-order valence-electron chi connectivity index (χ0n) is 11.3. The molecule has 0 spiro atoms. The van der Waals surface area contributed by atoms with Crippen molar-refractivity contribution in [2.24, 2.45) is 0 Å². The van der Waals surface area contributed by atoms with Crippen molar-refractivity contribution in [1.82, 2.24) is 19.5 Å². The zero-order chi connectivity index (χ0) is 14.2. The summed E-state index contributed by atoms with van der Waals surface area (Å²) in [4.78, 5) is 13.1. The normalized spacial score (nSPS) is 14.5. The number of aromatic nitrogens is 4. The van der Waals surface area contributed by atoms with Gasteiger partial charge in [-0.3, -0.25) is 0 Å². The van der Waals surface area contributed by atoms with Crippen molar-refractivity contribution in [2.75, 3.05) is 5.32 Å². The predicted molar refractivity (Wildman–Crippen MR) is 82.4 cm³/mol. The molecule has 0 amide bonds. The summed E-state index contributed by atoms with van der Waals surface area (Å²) in [6, 6.07) is 8.33. The van der Waals surface area contributed by atoms with E-state index in [9.17, 15) is 0 Å². The fraction of sp³-hybridized carbons (Fsp3) is 0.267. The predicted octanol–water partition coefficient (Wildman–Crippen LogP) is 3.43. The van der Waals surface area contributed by atoms with Gasteiger partial charge in [0.2, 0.25) is 0 Å². The van der Waals surface area contributed by atoms with Gasteiger partial charge < -0.3 is 9.88 Å². The number of nitrogens with zero attached hydrogens (tertiary/aromatic N) is 4. The first kappa shape index (κ1) is 12.6. The second-order valence-electron chi connectivity index (χ2n) is 5.26. The van der Waals surface area contributed by atoms with Crippen LogP contribution in [0.2, 0.25) is 5.02 Å². The van der Waals surface area contributed by atoms with Crippen molar-refractivity contribution < 1.29 is 0 Å². The van der Waals surface area contributed by atoms with E-state index in [-0.39, 0.29) is 0 Å². The summed E-state index contributed by atoms with van der Waals surface area (Å²) in [5.41, 5.74) is 2.89. The van der Waals surface area contributed by atoms with E-state index in [1.807, 2.05) is 30.6 Å². The molecule has 0 unspecified atom stereocenters. The molecule has 1 N–H and O–H groups in total. The highest BCUT2D eigenvalue weighted by molar-refractivity contribution is 6.30. The highest BCUT2D eigenvalue weighted by Crippen LogP contribution is 2.37. The Morgan fingerprint density at radius 2 is 1.95 bits per heavy atom. The Bertz CT molecular complexity index is 776. The van der Waals surface area contributed by atoms with Crippen LogP contribution >= 0.6 is 11.6 Å². The van der Waals surface area contributed by atoms with Crippen molar-refractivity contribution in [2.45, 2.75) is 25.4 Å². The van der Waals surface area contributed by atoms with Gasteiger partial charge in [0.05, 0.1) is 6.33 Å². The molecule has 2 aromatic heterocycles. The van der Waals surface area contributed by atoms with Gasteiger partial charge in [0.1, 0.15) is 11.8 Å². The Morgan fingerprint density at radius 3 is 2.71 bits per heavy atom. The van der Waals surface area contributed by atoms with Crippen LogP contribution in [0.3, 0.4) is 0 Å². The topological polar surface area (TPSA) is 55.6 Å². The summed E-state index contributed by atoms with van der Waals surface area (Å²) in [5, 5.41) is 4.07. The molecular weight excluding hydrogens is 286 g/mol. The average molecular weight is 300 g/mol. The number of nitrogens with one attached hydrogen (secondary N) is 1. The van der Waals surface area contributed by atoms with Gasteiger partial charge in [-0.15, -0.1) is 0 Å². The Hall–Kier alpha value is -2.14. The van der Waals surface area contributed by atoms with Crippen LogP contribution in [0, 0.1) is 0 Å². The minimum atomic E-state index is 0.564. The van der Waals surface area contributed by atoms with Gasteiger partial charge in [-0.1, -0.05) is 23.7 Å². The molecule has 1 saturated carbocycles. The van der Waals surface area contributed by atoms with Gasteiger partial charge in [-0.05, 0) is 30.5 Å². The molecule has 6 heteroatoms. The highest BCUT2D eigenvalue weighted by atomic mass is 35.5. The zero-order valence-corrected chi connectivity index (χ0v) is 12.1. The Morgan fingerprint density at radius 1 is 1.14 bits per heavy atom. The van der Waals surface area contributed by atoms with Crippen molar-refractivity contribution >= 4 is 28.6 Å². The molecule has 21 heavy (non-hydrogen) atoms. The highest BCUT2D eigenvalue weighted by Gasteiger charge is 2.26. The molecule has 0 atom stereocenters. The van der Waals surface area contributed by atoms with Crippen LogP contribution in [0.25, 0.3) is 11.2 Å². The molecule has 5 nitrogen and oxygen atoms in total. The van der Waals surface area contributed by atoms with E-state index < -0.39 is 0 Å². The summed E-state index contributed by atoms with van der Waals surface area (Å²) >= 11 is 5.89. The minimum absolute atomic E-state index is 0.564. The SMILES string of the molecule is Clc1ccc(CNc2ncnc3c2ncn3C2CC2)cc1. The van der Waals surface area contributed by atoms with E-state index >= 15 is 0 Å². The van der Waals surface area contributed by atoms with Crippen LogP contribution in [0.15, 0.2) is 36.9 Å². The Kier molecular flexibility index (Phi) is 3.00. The lowest BCUT2D eigenvalue weighted by atomic mass is 10.2. The second-order valence-corrected chi connectivity index (χ2v) is 5.69.